The molecule has 0 saturated carbocycles. The average molecular weight is 284 g/mol. The van der Waals surface area contributed by atoms with Gasteiger partial charge in [-0.3, -0.25) is 0 Å². The molecule has 0 radical (unpaired) electrons. The Balaban J connectivity index is 2.44. The lowest BCUT2D eigenvalue weighted by Gasteiger charge is -2.11. The average Bonchev–Trinajstić information content (AvgIpc) is 2.87. The summed E-state index contributed by atoms with van der Waals surface area (Å²) >= 11 is 6.28. The highest BCUT2D eigenvalue weighted by Crippen LogP contribution is 2.41. The number of aromatic nitrogens is 1. The predicted octanol–water partition coefficient (Wildman–Crippen LogP) is 2.55. The molecule has 2 rings (SSSR count). The highest BCUT2D eigenvalue weighted by atomic mass is 35.5. The molecular formula is C13H14ClNO4. The number of ether oxygens (including phenoxy) is 2. The van der Waals surface area contributed by atoms with Gasteiger partial charge in [-0.25, -0.2) is 0 Å². The first-order valence-corrected chi connectivity index (χ1v) is 6.06. The van der Waals surface area contributed by atoms with Gasteiger partial charge >= 0.3 is 0 Å². The monoisotopic (exact) mass is 283 g/mol. The molecule has 5 nitrogen and oxygen atoms in total. The summed E-state index contributed by atoms with van der Waals surface area (Å²) in [5.41, 5.74) is 1.28. The quantitative estimate of drug-likeness (QED) is 0.913. The van der Waals surface area contributed by atoms with Gasteiger partial charge in [0.2, 0.25) is 0 Å². The minimum absolute atomic E-state index is 0.00823. The summed E-state index contributed by atoms with van der Waals surface area (Å²) in [6.45, 7) is 0.00823. The Labute approximate surface area is 115 Å². The predicted molar refractivity (Wildman–Crippen MR) is 70.8 cm³/mol. The first-order chi connectivity index (χ1) is 9.21. The van der Waals surface area contributed by atoms with E-state index in [1.807, 2.05) is 0 Å². The van der Waals surface area contributed by atoms with Gasteiger partial charge < -0.3 is 19.1 Å². The number of methoxy groups -OCH3 is 2. The van der Waals surface area contributed by atoms with Gasteiger partial charge in [-0.1, -0.05) is 16.8 Å². The molecule has 19 heavy (non-hydrogen) atoms. The van der Waals surface area contributed by atoms with E-state index in [-0.39, 0.29) is 6.61 Å². The summed E-state index contributed by atoms with van der Waals surface area (Å²) in [6, 6.07) is 5.27. The molecule has 0 atom stereocenters. The summed E-state index contributed by atoms with van der Waals surface area (Å²) < 4.78 is 15.5. The maximum absolute atomic E-state index is 8.85. The molecule has 0 unspecified atom stereocenters. The molecule has 0 fully saturated rings. The summed E-state index contributed by atoms with van der Waals surface area (Å²) in [7, 11) is 3.07. The van der Waals surface area contributed by atoms with Gasteiger partial charge in [0.15, 0.2) is 11.5 Å². The molecule has 1 heterocycles. The fourth-order valence-electron chi connectivity index (χ4n) is 1.76. The Morgan fingerprint density at radius 3 is 2.74 bits per heavy atom. The lowest BCUT2D eigenvalue weighted by Crippen LogP contribution is -1.93. The standard InChI is InChI=1S/C13H14ClNO4/c1-17-11-4-3-9(12(14)13(11)18-2)10-7-8(5-6-16)19-15-10/h3-4,7,16H,5-6H2,1-2H3. The zero-order valence-electron chi connectivity index (χ0n) is 10.6. The minimum atomic E-state index is 0.00823. The molecule has 2 aromatic rings. The van der Waals surface area contributed by atoms with Crippen molar-refractivity contribution < 1.29 is 19.1 Å². The van der Waals surface area contributed by atoms with Gasteiger partial charge in [0.05, 0.1) is 25.8 Å². The summed E-state index contributed by atoms with van der Waals surface area (Å²) in [5, 5.41) is 13.2. The maximum atomic E-state index is 8.85. The summed E-state index contributed by atoms with van der Waals surface area (Å²) in [6.07, 6.45) is 0.415. The van der Waals surface area contributed by atoms with Crippen molar-refractivity contribution in [1.82, 2.24) is 5.16 Å². The van der Waals surface area contributed by atoms with E-state index in [4.69, 9.17) is 30.7 Å². The molecular weight excluding hydrogens is 270 g/mol. The topological polar surface area (TPSA) is 64.7 Å². The molecule has 0 aliphatic heterocycles. The second-order valence-electron chi connectivity index (χ2n) is 3.81. The van der Waals surface area contributed by atoms with Crippen LogP contribution in [0.25, 0.3) is 11.3 Å². The summed E-state index contributed by atoms with van der Waals surface area (Å²) in [4.78, 5) is 0. The van der Waals surface area contributed by atoms with Crippen molar-refractivity contribution in [2.45, 2.75) is 6.42 Å². The molecule has 102 valence electrons. The molecule has 1 aromatic carbocycles. The smallest absolute Gasteiger partial charge is 0.180 e. The van der Waals surface area contributed by atoms with Crippen molar-refractivity contribution in [2.24, 2.45) is 0 Å². The van der Waals surface area contributed by atoms with Crippen LogP contribution in [0.1, 0.15) is 5.76 Å². The van der Waals surface area contributed by atoms with Crippen molar-refractivity contribution in [3.63, 3.8) is 0 Å². The zero-order valence-corrected chi connectivity index (χ0v) is 11.4. The second-order valence-corrected chi connectivity index (χ2v) is 4.19. The van der Waals surface area contributed by atoms with E-state index in [1.54, 1.807) is 25.3 Å². The number of hydrogen-bond acceptors (Lipinski definition) is 5. The van der Waals surface area contributed by atoms with Crippen molar-refractivity contribution >= 4 is 11.6 Å². The van der Waals surface area contributed by atoms with Gasteiger partial charge in [-0.15, -0.1) is 0 Å². The third-order valence-corrected chi connectivity index (χ3v) is 3.05. The third kappa shape index (κ3) is 2.67. The van der Waals surface area contributed by atoms with E-state index in [0.29, 0.717) is 40.0 Å². The number of hydrogen-bond donors (Lipinski definition) is 1. The van der Waals surface area contributed by atoms with Crippen LogP contribution in [0.5, 0.6) is 11.5 Å². The number of halogens is 1. The highest BCUT2D eigenvalue weighted by molar-refractivity contribution is 6.35. The SMILES string of the molecule is COc1ccc(-c2cc(CCO)on2)c(Cl)c1OC. The van der Waals surface area contributed by atoms with Crippen LogP contribution in [0.2, 0.25) is 5.02 Å². The van der Waals surface area contributed by atoms with Crippen LogP contribution in [0.15, 0.2) is 22.7 Å². The molecule has 0 spiro atoms. The van der Waals surface area contributed by atoms with Crippen LogP contribution in [0.3, 0.4) is 0 Å². The number of aliphatic hydroxyl groups excluding tert-OH is 1. The molecule has 1 aromatic heterocycles. The van der Waals surface area contributed by atoms with Crippen LogP contribution in [-0.4, -0.2) is 31.1 Å². The van der Waals surface area contributed by atoms with Gasteiger partial charge in [-0.05, 0) is 12.1 Å². The van der Waals surface area contributed by atoms with E-state index in [2.05, 4.69) is 5.16 Å². The maximum Gasteiger partial charge on any atom is 0.180 e. The Morgan fingerprint density at radius 1 is 1.32 bits per heavy atom. The summed E-state index contributed by atoms with van der Waals surface area (Å²) in [5.74, 6) is 1.60. The molecule has 6 heteroatoms. The van der Waals surface area contributed by atoms with E-state index >= 15 is 0 Å². The fraction of sp³-hybridized carbons (Fsp3) is 0.308. The molecule has 0 aliphatic carbocycles. The van der Waals surface area contributed by atoms with Crippen LogP contribution < -0.4 is 9.47 Å². The number of aliphatic hydroxyl groups is 1. The van der Waals surface area contributed by atoms with Crippen LogP contribution in [0, 0.1) is 0 Å². The zero-order chi connectivity index (χ0) is 13.8. The molecule has 1 N–H and O–H groups in total. The van der Waals surface area contributed by atoms with Gasteiger partial charge in [-0.2, -0.15) is 0 Å². The van der Waals surface area contributed by atoms with E-state index in [0.717, 1.165) is 0 Å². The number of rotatable bonds is 5. The second kappa shape index (κ2) is 5.95. The van der Waals surface area contributed by atoms with E-state index in [9.17, 15) is 0 Å². The Kier molecular flexibility index (Phi) is 4.29. The van der Waals surface area contributed by atoms with Crippen LogP contribution in [-0.2, 0) is 6.42 Å². The third-order valence-electron chi connectivity index (χ3n) is 2.68. The minimum Gasteiger partial charge on any atom is -0.493 e. The van der Waals surface area contributed by atoms with Crippen molar-refractivity contribution in [3.05, 3.63) is 29.0 Å². The lowest BCUT2D eigenvalue weighted by molar-refractivity contribution is 0.277. The van der Waals surface area contributed by atoms with Crippen molar-refractivity contribution in [2.75, 3.05) is 20.8 Å². The van der Waals surface area contributed by atoms with Crippen LogP contribution >= 0.6 is 11.6 Å². The van der Waals surface area contributed by atoms with E-state index in [1.165, 1.54) is 7.11 Å². The molecule has 0 bridgehead atoms. The van der Waals surface area contributed by atoms with Crippen molar-refractivity contribution in [1.29, 1.82) is 0 Å². The Morgan fingerprint density at radius 2 is 2.11 bits per heavy atom. The first kappa shape index (κ1) is 13.7. The Bertz CT molecular complexity index is 568. The van der Waals surface area contributed by atoms with Gasteiger partial charge in [0, 0.05) is 18.1 Å². The number of nitrogens with zero attached hydrogens (tertiary/aromatic N) is 1. The fourth-order valence-corrected chi connectivity index (χ4v) is 2.09. The highest BCUT2D eigenvalue weighted by Gasteiger charge is 2.17. The molecule has 0 saturated heterocycles. The molecule has 0 amide bonds. The van der Waals surface area contributed by atoms with Gasteiger partial charge in [0.25, 0.3) is 0 Å². The number of benzene rings is 1. The largest absolute Gasteiger partial charge is 0.493 e. The van der Waals surface area contributed by atoms with E-state index < -0.39 is 0 Å². The first-order valence-electron chi connectivity index (χ1n) is 5.68. The van der Waals surface area contributed by atoms with Crippen molar-refractivity contribution in [3.8, 4) is 22.8 Å². The van der Waals surface area contributed by atoms with Gasteiger partial charge in [0.1, 0.15) is 11.5 Å². The molecule has 0 aliphatic rings. The lowest BCUT2D eigenvalue weighted by atomic mass is 10.1. The van der Waals surface area contributed by atoms with Crippen LogP contribution in [0.4, 0.5) is 0 Å². The Hall–Kier alpha value is -1.72. The normalized spacial score (nSPS) is 10.5.